The second kappa shape index (κ2) is 5.47. The van der Waals surface area contributed by atoms with Crippen LogP contribution in [0.3, 0.4) is 0 Å². The van der Waals surface area contributed by atoms with Crippen LogP contribution in [0.1, 0.15) is 18.0 Å². The van der Waals surface area contributed by atoms with Crippen molar-refractivity contribution in [2.75, 3.05) is 0 Å². The minimum absolute atomic E-state index is 0.0656. The van der Waals surface area contributed by atoms with Gasteiger partial charge < -0.3 is 10.8 Å². The highest BCUT2D eigenvalue weighted by Crippen LogP contribution is 2.28. The van der Waals surface area contributed by atoms with Crippen LogP contribution >= 0.6 is 0 Å². The molecule has 0 amide bonds. The van der Waals surface area contributed by atoms with Crippen molar-refractivity contribution in [3.05, 3.63) is 60.2 Å². The Morgan fingerprint density at radius 3 is 2.33 bits per heavy atom. The quantitative estimate of drug-likeness (QED) is 0.865. The van der Waals surface area contributed by atoms with Gasteiger partial charge in [0.1, 0.15) is 0 Å². The summed E-state index contributed by atoms with van der Waals surface area (Å²) in [5, 5.41) is 8.83. The number of nitrogens with two attached hydrogens (primary N) is 1. The van der Waals surface area contributed by atoms with Gasteiger partial charge in [-0.2, -0.15) is 0 Å². The Hall–Kier alpha value is -2.13. The minimum Gasteiger partial charge on any atom is -0.481 e. The summed E-state index contributed by atoms with van der Waals surface area (Å²) in [5.74, 6) is -0.884. The summed E-state index contributed by atoms with van der Waals surface area (Å²) in [6.45, 7) is 0. The first-order valence-electron chi connectivity index (χ1n) is 5.80. The van der Waals surface area contributed by atoms with Crippen LogP contribution in [0.2, 0.25) is 0 Å². The third-order valence-corrected chi connectivity index (χ3v) is 2.84. The third kappa shape index (κ3) is 2.76. The Labute approximate surface area is 106 Å². The molecular formula is C15H15NO2. The predicted octanol–water partition coefficient (Wildman–Crippen LogP) is 2.83. The van der Waals surface area contributed by atoms with Crippen LogP contribution in [0.15, 0.2) is 54.6 Å². The number of hydrogen-bond donors (Lipinski definition) is 2. The van der Waals surface area contributed by atoms with Crippen molar-refractivity contribution in [2.45, 2.75) is 12.5 Å². The molecule has 2 aromatic carbocycles. The Morgan fingerprint density at radius 2 is 1.67 bits per heavy atom. The van der Waals surface area contributed by atoms with Gasteiger partial charge in [0.25, 0.3) is 0 Å². The normalized spacial score (nSPS) is 12.1. The van der Waals surface area contributed by atoms with E-state index in [1.807, 2.05) is 54.6 Å². The molecule has 1 atom stereocenters. The third-order valence-electron chi connectivity index (χ3n) is 2.84. The molecule has 0 heterocycles. The lowest BCUT2D eigenvalue weighted by Gasteiger charge is -2.15. The van der Waals surface area contributed by atoms with Crippen LogP contribution < -0.4 is 5.73 Å². The number of benzene rings is 2. The number of rotatable bonds is 4. The van der Waals surface area contributed by atoms with Crippen molar-refractivity contribution in [3.8, 4) is 11.1 Å². The number of carbonyl (C=O) groups is 1. The second-order valence-electron chi connectivity index (χ2n) is 4.16. The van der Waals surface area contributed by atoms with Crippen molar-refractivity contribution >= 4 is 5.97 Å². The molecule has 3 heteroatoms. The summed E-state index contributed by atoms with van der Waals surface area (Å²) in [6, 6.07) is 17.0. The number of hydrogen-bond acceptors (Lipinski definition) is 2. The summed E-state index contributed by atoms with van der Waals surface area (Å²) >= 11 is 0. The Kier molecular flexibility index (Phi) is 3.75. The van der Waals surface area contributed by atoms with Crippen LogP contribution in [0, 0.1) is 0 Å². The van der Waals surface area contributed by atoms with Gasteiger partial charge in [0.15, 0.2) is 0 Å². The van der Waals surface area contributed by atoms with E-state index in [1.165, 1.54) is 0 Å². The average molecular weight is 241 g/mol. The fraction of sp³-hybridized carbons (Fsp3) is 0.133. The highest BCUT2D eigenvalue weighted by atomic mass is 16.4. The fourth-order valence-electron chi connectivity index (χ4n) is 2.00. The van der Waals surface area contributed by atoms with Gasteiger partial charge in [0.05, 0.1) is 6.42 Å². The topological polar surface area (TPSA) is 63.3 Å². The summed E-state index contributed by atoms with van der Waals surface area (Å²) in [6.07, 6.45) is -0.0656. The number of carboxylic acids is 1. The van der Waals surface area contributed by atoms with Crippen molar-refractivity contribution in [1.82, 2.24) is 0 Å². The van der Waals surface area contributed by atoms with Gasteiger partial charge in [-0.25, -0.2) is 0 Å². The molecule has 0 aliphatic rings. The van der Waals surface area contributed by atoms with Gasteiger partial charge in [0, 0.05) is 6.04 Å². The first-order chi connectivity index (χ1) is 8.68. The van der Waals surface area contributed by atoms with Crippen LogP contribution in [-0.2, 0) is 4.79 Å². The first-order valence-corrected chi connectivity index (χ1v) is 5.80. The summed E-state index contributed by atoms with van der Waals surface area (Å²) in [7, 11) is 0. The molecule has 0 unspecified atom stereocenters. The molecule has 3 nitrogen and oxygen atoms in total. The standard InChI is InChI=1S/C15H15NO2/c16-14(10-15(17)18)13-9-5-4-8-12(13)11-6-2-1-3-7-11/h1-9,14H,10,16H2,(H,17,18)/t14-/m1/s1. The van der Waals surface area contributed by atoms with Crippen molar-refractivity contribution < 1.29 is 9.90 Å². The zero-order chi connectivity index (χ0) is 13.0. The van der Waals surface area contributed by atoms with Gasteiger partial charge in [-0.05, 0) is 16.7 Å². The zero-order valence-electron chi connectivity index (χ0n) is 9.91. The van der Waals surface area contributed by atoms with Gasteiger partial charge in [0.2, 0.25) is 0 Å². The lowest BCUT2D eigenvalue weighted by Crippen LogP contribution is -2.15. The summed E-state index contributed by atoms with van der Waals surface area (Å²) in [4.78, 5) is 10.8. The van der Waals surface area contributed by atoms with E-state index in [0.29, 0.717) is 0 Å². The molecule has 0 radical (unpaired) electrons. The molecule has 0 saturated carbocycles. The molecule has 0 fully saturated rings. The largest absolute Gasteiger partial charge is 0.481 e. The van der Waals surface area contributed by atoms with E-state index in [2.05, 4.69) is 0 Å². The molecule has 0 aliphatic heterocycles. The van der Waals surface area contributed by atoms with E-state index in [1.54, 1.807) is 0 Å². The highest BCUT2D eigenvalue weighted by molar-refractivity contribution is 5.71. The lowest BCUT2D eigenvalue weighted by molar-refractivity contribution is -0.137. The van der Waals surface area contributed by atoms with E-state index in [-0.39, 0.29) is 6.42 Å². The van der Waals surface area contributed by atoms with E-state index in [0.717, 1.165) is 16.7 Å². The molecule has 0 aliphatic carbocycles. The summed E-state index contributed by atoms with van der Waals surface area (Å²) < 4.78 is 0. The first kappa shape index (κ1) is 12.3. The molecule has 0 aromatic heterocycles. The van der Waals surface area contributed by atoms with Crippen molar-refractivity contribution in [1.29, 1.82) is 0 Å². The minimum atomic E-state index is -0.884. The molecular weight excluding hydrogens is 226 g/mol. The summed E-state index contributed by atoms with van der Waals surface area (Å²) in [5.41, 5.74) is 8.86. The van der Waals surface area contributed by atoms with Crippen LogP contribution in [0.5, 0.6) is 0 Å². The molecule has 3 N–H and O–H groups in total. The maximum Gasteiger partial charge on any atom is 0.305 e. The van der Waals surface area contributed by atoms with Crippen LogP contribution in [-0.4, -0.2) is 11.1 Å². The molecule has 18 heavy (non-hydrogen) atoms. The van der Waals surface area contributed by atoms with E-state index < -0.39 is 12.0 Å². The number of aliphatic carboxylic acids is 1. The maximum atomic E-state index is 10.8. The molecule has 2 rings (SSSR count). The highest BCUT2D eigenvalue weighted by Gasteiger charge is 2.14. The van der Waals surface area contributed by atoms with Crippen LogP contribution in [0.25, 0.3) is 11.1 Å². The zero-order valence-corrected chi connectivity index (χ0v) is 9.91. The second-order valence-corrected chi connectivity index (χ2v) is 4.16. The van der Waals surface area contributed by atoms with Gasteiger partial charge in [-0.3, -0.25) is 4.79 Å². The van der Waals surface area contributed by atoms with Crippen molar-refractivity contribution in [2.24, 2.45) is 5.73 Å². The molecule has 0 spiro atoms. The smallest absolute Gasteiger partial charge is 0.305 e. The van der Waals surface area contributed by atoms with E-state index in [9.17, 15) is 4.79 Å². The molecule has 2 aromatic rings. The van der Waals surface area contributed by atoms with Gasteiger partial charge in [-0.1, -0.05) is 54.6 Å². The number of carboxylic acid groups (broad SMARTS) is 1. The maximum absolute atomic E-state index is 10.8. The molecule has 0 bridgehead atoms. The SMILES string of the molecule is N[C@H](CC(=O)O)c1ccccc1-c1ccccc1. The van der Waals surface area contributed by atoms with Gasteiger partial charge >= 0.3 is 5.97 Å². The average Bonchev–Trinajstić information content (AvgIpc) is 2.39. The van der Waals surface area contributed by atoms with Crippen molar-refractivity contribution in [3.63, 3.8) is 0 Å². The molecule has 0 saturated heterocycles. The Balaban J connectivity index is 2.40. The van der Waals surface area contributed by atoms with Gasteiger partial charge in [-0.15, -0.1) is 0 Å². The predicted molar refractivity (Wildman–Crippen MR) is 71.1 cm³/mol. The van der Waals surface area contributed by atoms with Crippen LogP contribution in [0.4, 0.5) is 0 Å². The molecule has 92 valence electrons. The lowest BCUT2D eigenvalue weighted by atomic mass is 9.94. The van der Waals surface area contributed by atoms with E-state index >= 15 is 0 Å². The Bertz CT molecular complexity index is 537. The monoisotopic (exact) mass is 241 g/mol. The fourth-order valence-corrected chi connectivity index (χ4v) is 2.00. The van der Waals surface area contributed by atoms with E-state index in [4.69, 9.17) is 10.8 Å². The Morgan fingerprint density at radius 1 is 1.06 bits per heavy atom.